The van der Waals surface area contributed by atoms with E-state index in [0.717, 1.165) is 5.69 Å². The predicted octanol–water partition coefficient (Wildman–Crippen LogP) is 4.59. The molecule has 0 fully saturated rings. The number of anilines is 2. The molecule has 1 heterocycles. The molecule has 1 amide bonds. The summed E-state index contributed by atoms with van der Waals surface area (Å²) >= 11 is 5.94. The third-order valence-electron chi connectivity index (χ3n) is 3.76. The highest BCUT2D eigenvalue weighted by molar-refractivity contribution is 6.30. The maximum absolute atomic E-state index is 13.5. The molecule has 0 unspecified atom stereocenters. The van der Waals surface area contributed by atoms with Crippen LogP contribution in [0, 0.1) is 5.82 Å². The number of rotatable bonds is 6. The number of carbonyl (C=O) groups excluding carboxylic acids is 1. The van der Waals surface area contributed by atoms with Crippen LogP contribution in [0.15, 0.2) is 66.9 Å². The van der Waals surface area contributed by atoms with Crippen LogP contribution < -0.4 is 10.6 Å². The number of carbonyl (C=O) groups is 1. The summed E-state index contributed by atoms with van der Waals surface area (Å²) < 4.78 is 13.5. The average molecular weight is 370 g/mol. The van der Waals surface area contributed by atoms with Crippen molar-refractivity contribution >= 4 is 29.0 Å². The third-order valence-corrected chi connectivity index (χ3v) is 4.00. The van der Waals surface area contributed by atoms with E-state index >= 15 is 0 Å². The minimum atomic E-state index is -0.264. The van der Waals surface area contributed by atoms with Crippen molar-refractivity contribution < 1.29 is 9.18 Å². The summed E-state index contributed by atoms with van der Waals surface area (Å²) in [6.07, 6.45) is 1.92. The average Bonchev–Trinajstić information content (AvgIpc) is 2.64. The Labute approximate surface area is 156 Å². The summed E-state index contributed by atoms with van der Waals surface area (Å²) in [6.45, 7) is 0.349. The number of aromatic nitrogens is 1. The summed E-state index contributed by atoms with van der Waals surface area (Å²) in [5.41, 5.74) is 1.83. The fourth-order valence-corrected chi connectivity index (χ4v) is 2.62. The van der Waals surface area contributed by atoms with Crippen molar-refractivity contribution in [1.29, 1.82) is 0 Å². The molecule has 0 aliphatic heterocycles. The summed E-state index contributed by atoms with van der Waals surface area (Å²) in [6, 6.07) is 17.2. The fourth-order valence-electron chi connectivity index (χ4n) is 2.43. The number of hydrogen-bond donors (Lipinski definition) is 2. The van der Waals surface area contributed by atoms with Gasteiger partial charge in [0.15, 0.2) is 0 Å². The molecule has 6 heteroatoms. The monoisotopic (exact) mass is 369 g/mol. The van der Waals surface area contributed by atoms with Gasteiger partial charge >= 0.3 is 0 Å². The molecular formula is C20H17ClFN3O. The first-order chi connectivity index (χ1) is 12.6. The van der Waals surface area contributed by atoms with Crippen molar-refractivity contribution in [3.05, 3.63) is 88.8 Å². The summed E-state index contributed by atoms with van der Waals surface area (Å²) in [5.74, 6) is 0.0955. The molecule has 0 spiro atoms. The molecular weight excluding hydrogens is 353 g/mol. The second kappa shape index (κ2) is 8.45. The molecule has 4 nitrogen and oxygen atoms in total. The van der Waals surface area contributed by atoms with Gasteiger partial charge in [0, 0.05) is 23.5 Å². The Morgan fingerprint density at radius 2 is 1.92 bits per heavy atom. The van der Waals surface area contributed by atoms with Gasteiger partial charge in [-0.15, -0.1) is 0 Å². The van der Waals surface area contributed by atoms with Crippen LogP contribution in [-0.4, -0.2) is 17.4 Å². The standard InChI is InChI=1S/C20H17ClFN3O/c21-16-5-3-6-17(12-16)25-19-9-8-15(13-24-19)20(26)23-11-10-14-4-1-2-7-18(14)22/h1-9,12-13H,10-11H2,(H,23,26)(H,24,25). The van der Waals surface area contributed by atoms with E-state index in [1.807, 2.05) is 12.1 Å². The maximum Gasteiger partial charge on any atom is 0.252 e. The second-order valence-electron chi connectivity index (χ2n) is 5.66. The molecule has 0 aliphatic carbocycles. The summed E-state index contributed by atoms with van der Waals surface area (Å²) in [4.78, 5) is 16.4. The number of pyridine rings is 1. The number of hydrogen-bond acceptors (Lipinski definition) is 3. The first kappa shape index (κ1) is 17.9. The van der Waals surface area contributed by atoms with E-state index in [2.05, 4.69) is 15.6 Å². The van der Waals surface area contributed by atoms with E-state index in [4.69, 9.17) is 11.6 Å². The first-order valence-electron chi connectivity index (χ1n) is 8.12. The lowest BCUT2D eigenvalue weighted by atomic mass is 10.1. The molecule has 132 valence electrons. The molecule has 0 saturated heterocycles. The number of halogens is 2. The fraction of sp³-hybridized carbons (Fsp3) is 0.100. The second-order valence-corrected chi connectivity index (χ2v) is 6.10. The van der Waals surface area contributed by atoms with Crippen molar-refractivity contribution in [1.82, 2.24) is 10.3 Å². The van der Waals surface area contributed by atoms with Crippen LogP contribution in [0.5, 0.6) is 0 Å². The largest absolute Gasteiger partial charge is 0.352 e. The van der Waals surface area contributed by atoms with Gasteiger partial charge in [0.2, 0.25) is 0 Å². The van der Waals surface area contributed by atoms with E-state index in [1.54, 1.807) is 42.5 Å². The summed E-state index contributed by atoms with van der Waals surface area (Å²) in [5, 5.41) is 6.51. The SMILES string of the molecule is O=C(NCCc1ccccc1F)c1ccc(Nc2cccc(Cl)c2)nc1. The number of nitrogens with zero attached hydrogens (tertiary/aromatic N) is 1. The van der Waals surface area contributed by atoms with E-state index in [1.165, 1.54) is 12.3 Å². The quantitative estimate of drug-likeness (QED) is 0.668. The molecule has 2 aromatic carbocycles. The predicted molar refractivity (Wildman–Crippen MR) is 101 cm³/mol. The zero-order valence-electron chi connectivity index (χ0n) is 13.9. The van der Waals surface area contributed by atoms with Crippen LogP contribution >= 0.6 is 11.6 Å². The van der Waals surface area contributed by atoms with Gasteiger partial charge in [-0.25, -0.2) is 9.37 Å². The van der Waals surface area contributed by atoms with Crippen molar-refractivity contribution in [2.75, 3.05) is 11.9 Å². The Morgan fingerprint density at radius 1 is 1.08 bits per heavy atom. The van der Waals surface area contributed by atoms with Crippen molar-refractivity contribution in [2.45, 2.75) is 6.42 Å². The Bertz CT molecular complexity index is 900. The number of amides is 1. The van der Waals surface area contributed by atoms with Crippen molar-refractivity contribution in [2.24, 2.45) is 0 Å². The van der Waals surface area contributed by atoms with Gasteiger partial charge in [-0.1, -0.05) is 35.9 Å². The van der Waals surface area contributed by atoms with Crippen LogP contribution in [0.2, 0.25) is 5.02 Å². The third kappa shape index (κ3) is 4.80. The van der Waals surface area contributed by atoms with E-state index in [9.17, 15) is 9.18 Å². The zero-order valence-corrected chi connectivity index (χ0v) is 14.6. The van der Waals surface area contributed by atoms with Crippen LogP contribution in [0.1, 0.15) is 15.9 Å². The van der Waals surface area contributed by atoms with Crippen molar-refractivity contribution in [3.63, 3.8) is 0 Å². The molecule has 0 aliphatic rings. The molecule has 0 radical (unpaired) electrons. The van der Waals surface area contributed by atoms with Crippen LogP contribution in [0.25, 0.3) is 0 Å². The molecule has 0 bridgehead atoms. The van der Waals surface area contributed by atoms with Gasteiger partial charge in [0.1, 0.15) is 11.6 Å². The lowest BCUT2D eigenvalue weighted by Gasteiger charge is -2.08. The molecule has 1 aromatic heterocycles. The van der Waals surface area contributed by atoms with Gasteiger partial charge < -0.3 is 10.6 Å². The van der Waals surface area contributed by atoms with Crippen LogP contribution in [0.3, 0.4) is 0 Å². The van der Waals surface area contributed by atoms with Gasteiger partial charge in [0.25, 0.3) is 5.91 Å². The topological polar surface area (TPSA) is 54.0 Å². The summed E-state index contributed by atoms with van der Waals surface area (Å²) in [7, 11) is 0. The van der Waals surface area contributed by atoms with Crippen molar-refractivity contribution in [3.8, 4) is 0 Å². The Morgan fingerprint density at radius 3 is 2.65 bits per heavy atom. The highest BCUT2D eigenvalue weighted by atomic mass is 35.5. The Balaban J connectivity index is 1.54. The van der Waals surface area contributed by atoms with E-state index < -0.39 is 0 Å². The maximum atomic E-state index is 13.5. The molecule has 0 saturated carbocycles. The first-order valence-corrected chi connectivity index (χ1v) is 8.50. The lowest BCUT2D eigenvalue weighted by molar-refractivity contribution is 0.0953. The van der Waals surface area contributed by atoms with Crippen LogP contribution in [-0.2, 0) is 6.42 Å². The highest BCUT2D eigenvalue weighted by Gasteiger charge is 2.07. The highest BCUT2D eigenvalue weighted by Crippen LogP contribution is 2.18. The molecule has 2 N–H and O–H groups in total. The Hall–Kier alpha value is -2.92. The number of benzene rings is 2. The molecule has 3 aromatic rings. The van der Waals surface area contributed by atoms with Gasteiger partial charge in [-0.3, -0.25) is 4.79 Å². The van der Waals surface area contributed by atoms with Gasteiger partial charge in [-0.2, -0.15) is 0 Å². The van der Waals surface area contributed by atoms with E-state index in [0.29, 0.717) is 34.9 Å². The van der Waals surface area contributed by atoms with E-state index in [-0.39, 0.29) is 11.7 Å². The minimum absolute atomic E-state index is 0.247. The molecule has 26 heavy (non-hydrogen) atoms. The lowest BCUT2D eigenvalue weighted by Crippen LogP contribution is -2.26. The Kier molecular flexibility index (Phi) is 5.81. The van der Waals surface area contributed by atoms with Gasteiger partial charge in [0.05, 0.1) is 5.56 Å². The number of nitrogens with one attached hydrogen (secondary N) is 2. The molecule has 3 rings (SSSR count). The van der Waals surface area contributed by atoms with Crippen LogP contribution in [0.4, 0.5) is 15.9 Å². The van der Waals surface area contributed by atoms with Gasteiger partial charge in [-0.05, 0) is 48.4 Å². The normalized spacial score (nSPS) is 10.4. The smallest absolute Gasteiger partial charge is 0.252 e. The molecule has 0 atom stereocenters. The zero-order chi connectivity index (χ0) is 18.4. The minimum Gasteiger partial charge on any atom is -0.352 e.